The Morgan fingerprint density at radius 3 is 2.61 bits per heavy atom. The molecule has 1 aromatic carbocycles. The summed E-state index contributed by atoms with van der Waals surface area (Å²) in [7, 11) is 2.08. The fourth-order valence-corrected chi connectivity index (χ4v) is 2.85. The number of amides is 2. The Kier molecular flexibility index (Phi) is 6.86. The number of piperidine rings is 1. The monoisotopic (exact) mass is 319 g/mol. The molecule has 1 saturated heterocycles. The van der Waals surface area contributed by atoms with Crippen LogP contribution in [0.5, 0.6) is 0 Å². The van der Waals surface area contributed by atoms with Crippen LogP contribution in [-0.4, -0.2) is 60.3 Å². The van der Waals surface area contributed by atoms with Crippen molar-refractivity contribution in [2.24, 2.45) is 5.92 Å². The van der Waals surface area contributed by atoms with E-state index in [4.69, 9.17) is 5.11 Å². The Labute approximate surface area is 139 Å². The molecule has 1 unspecified atom stereocenters. The van der Waals surface area contributed by atoms with Crippen LogP contribution in [0.1, 0.15) is 25.3 Å². The quantitative estimate of drug-likeness (QED) is 0.842. The molecule has 2 N–H and O–H groups in total. The largest absolute Gasteiger partial charge is 0.396 e. The van der Waals surface area contributed by atoms with Gasteiger partial charge in [-0.2, -0.15) is 0 Å². The normalized spacial score (nSPS) is 17.3. The molecule has 1 heterocycles. The molecule has 1 fully saturated rings. The van der Waals surface area contributed by atoms with Gasteiger partial charge in [-0.1, -0.05) is 30.3 Å². The number of hydrogen-bond donors (Lipinski definition) is 2. The van der Waals surface area contributed by atoms with E-state index in [-0.39, 0.29) is 18.7 Å². The predicted molar refractivity (Wildman–Crippen MR) is 92.2 cm³/mol. The van der Waals surface area contributed by atoms with Gasteiger partial charge < -0.3 is 15.3 Å². The van der Waals surface area contributed by atoms with Crippen LogP contribution < -0.4 is 5.32 Å². The Bertz CT molecular complexity index is 472. The SMILES string of the molecule is CC(CNC(=O)N1CCC(CO)CC1)N(C)Cc1ccccc1. The molecule has 1 aliphatic rings. The molecule has 128 valence electrons. The van der Waals surface area contributed by atoms with Crippen LogP contribution in [0.2, 0.25) is 0 Å². The highest BCUT2D eigenvalue weighted by atomic mass is 16.3. The summed E-state index contributed by atoms with van der Waals surface area (Å²) in [5, 5.41) is 12.2. The van der Waals surface area contributed by atoms with Gasteiger partial charge in [0.15, 0.2) is 0 Å². The Balaban J connectivity index is 1.71. The van der Waals surface area contributed by atoms with Gasteiger partial charge in [0.1, 0.15) is 0 Å². The van der Waals surface area contributed by atoms with Gasteiger partial charge in [0.05, 0.1) is 0 Å². The summed E-state index contributed by atoms with van der Waals surface area (Å²) >= 11 is 0. The molecule has 1 atom stereocenters. The summed E-state index contributed by atoms with van der Waals surface area (Å²) in [4.78, 5) is 16.3. The molecule has 0 radical (unpaired) electrons. The molecule has 0 saturated carbocycles. The second-order valence-electron chi connectivity index (χ2n) is 6.55. The number of nitrogens with one attached hydrogen (secondary N) is 1. The molecule has 23 heavy (non-hydrogen) atoms. The van der Waals surface area contributed by atoms with Gasteiger partial charge >= 0.3 is 6.03 Å². The van der Waals surface area contributed by atoms with Gasteiger partial charge in [-0.3, -0.25) is 4.90 Å². The van der Waals surface area contributed by atoms with Crippen molar-refractivity contribution in [2.45, 2.75) is 32.4 Å². The summed E-state index contributed by atoms with van der Waals surface area (Å²) < 4.78 is 0. The molecule has 0 spiro atoms. The lowest BCUT2D eigenvalue weighted by atomic mass is 9.98. The number of aliphatic hydroxyl groups is 1. The minimum absolute atomic E-state index is 0.0151. The molecule has 1 aromatic rings. The molecule has 5 heteroatoms. The maximum atomic E-state index is 12.2. The van der Waals surface area contributed by atoms with E-state index < -0.39 is 0 Å². The summed E-state index contributed by atoms with van der Waals surface area (Å²) in [6.07, 6.45) is 1.79. The Morgan fingerprint density at radius 1 is 1.35 bits per heavy atom. The molecule has 2 rings (SSSR count). The van der Waals surface area contributed by atoms with Crippen molar-refractivity contribution in [3.63, 3.8) is 0 Å². The zero-order valence-electron chi connectivity index (χ0n) is 14.2. The number of aliphatic hydroxyl groups excluding tert-OH is 1. The standard InChI is InChI=1S/C18H29N3O2/c1-15(20(2)13-16-6-4-3-5-7-16)12-19-18(23)21-10-8-17(14-22)9-11-21/h3-7,15,17,22H,8-14H2,1-2H3,(H,19,23). The lowest BCUT2D eigenvalue weighted by molar-refractivity contribution is 0.135. The molecule has 1 aliphatic heterocycles. The van der Waals surface area contributed by atoms with Crippen molar-refractivity contribution >= 4 is 6.03 Å². The molecular weight excluding hydrogens is 290 g/mol. The summed E-state index contributed by atoms with van der Waals surface area (Å²) in [5.41, 5.74) is 1.28. The zero-order chi connectivity index (χ0) is 16.7. The average molecular weight is 319 g/mol. The highest BCUT2D eigenvalue weighted by molar-refractivity contribution is 5.74. The number of benzene rings is 1. The van der Waals surface area contributed by atoms with Gasteiger partial charge in [-0.25, -0.2) is 4.79 Å². The van der Waals surface area contributed by atoms with Gasteiger partial charge in [0.25, 0.3) is 0 Å². The number of rotatable bonds is 6. The van der Waals surface area contributed by atoms with Crippen molar-refractivity contribution in [3.05, 3.63) is 35.9 Å². The van der Waals surface area contributed by atoms with E-state index in [0.717, 1.165) is 32.5 Å². The molecule has 5 nitrogen and oxygen atoms in total. The van der Waals surface area contributed by atoms with Crippen LogP contribution in [0.25, 0.3) is 0 Å². The fourth-order valence-electron chi connectivity index (χ4n) is 2.85. The van der Waals surface area contributed by atoms with Crippen LogP contribution in [0.3, 0.4) is 0 Å². The maximum absolute atomic E-state index is 12.2. The van der Waals surface area contributed by atoms with E-state index in [1.165, 1.54) is 5.56 Å². The summed E-state index contributed by atoms with van der Waals surface area (Å²) in [6.45, 7) is 5.36. The van der Waals surface area contributed by atoms with Crippen LogP contribution in [0.4, 0.5) is 4.79 Å². The molecule has 0 aromatic heterocycles. The first kappa shape index (κ1) is 17.8. The average Bonchev–Trinajstić information content (AvgIpc) is 2.60. The van der Waals surface area contributed by atoms with Crippen molar-refractivity contribution in [3.8, 4) is 0 Å². The molecule has 2 amide bonds. The van der Waals surface area contributed by atoms with Gasteiger partial charge in [0, 0.05) is 38.8 Å². The number of urea groups is 1. The number of nitrogens with zero attached hydrogens (tertiary/aromatic N) is 2. The minimum Gasteiger partial charge on any atom is -0.396 e. The first-order valence-corrected chi connectivity index (χ1v) is 8.48. The van der Waals surface area contributed by atoms with Crippen molar-refractivity contribution in [1.82, 2.24) is 15.1 Å². The third kappa shape index (κ3) is 5.52. The molecule has 0 aliphatic carbocycles. The highest BCUT2D eigenvalue weighted by Crippen LogP contribution is 2.16. The van der Waals surface area contributed by atoms with Crippen LogP contribution in [0, 0.1) is 5.92 Å². The van der Waals surface area contributed by atoms with Crippen molar-refractivity contribution in [2.75, 3.05) is 33.3 Å². The number of likely N-dealkylation sites (N-methyl/N-ethyl adjacent to an activating group) is 1. The van der Waals surface area contributed by atoms with E-state index in [0.29, 0.717) is 12.5 Å². The number of likely N-dealkylation sites (tertiary alicyclic amines) is 1. The third-order valence-electron chi connectivity index (χ3n) is 4.74. The molecule has 0 bridgehead atoms. The van der Waals surface area contributed by atoms with E-state index in [9.17, 15) is 4.79 Å². The topological polar surface area (TPSA) is 55.8 Å². The molecular formula is C18H29N3O2. The van der Waals surface area contributed by atoms with Gasteiger partial charge in [-0.15, -0.1) is 0 Å². The first-order valence-electron chi connectivity index (χ1n) is 8.48. The van der Waals surface area contributed by atoms with E-state index in [1.54, 1.807) is 0 Å². The number of carbonyl (C=O) groups excluding carboxylic acids is 1. The fraction of sp³-hybridized carbons (Fsp3) is 0.611. The third-order valence-corrected chi connectivity index (χ3v) is 4.74. The highest BCUT2D eigenvalue weighted by Gasteiger charge is 2.22. The van der Waals surface area contributed by atoms with Gasteiger partial charge in [-0.05, 0) is 38.3 Å². The summed E-state index contributed by atoms with van der Waals surface area (Å²) in [5.74, 6) is 0.356. The lowest BCUT2D eigenvalue weighted by Gasteiger charge is -2.32. The van der Waals surface area contributed by atoms with E-state index in [1.807, 2.05) is 23.1 Å². The Hall–Kier alpha value is -1.59. The second kappa shape index (κ2) is 8.89. The Morgan fingerprint density at radius 2 is 2.00 bits per heavy atom. The first-order chi connectivity index (χ1) is 11.1. The zero-order valence-corrected chi connectivity index (χ0v) is 14.2. The maximum Gasteiger partial charge on any atom is 0.317 e. The van der Waals surface area contributed by atoms with E-state index in [2.05, 4.69) is 36.3 Å². The summed E-state index contributed by atoms with van der Waals surface area (Å²) in [6, 6.07) is 10.6. The van der Waals surface area contributed by atoms with Crippen molar-refractivity contribution in [1.29, 1.82) is 0 Å². The number of hydrogen-bond acceptors (Lipinski definition) is 3. The number of carbonyl (C=O) groups is 1. The minimum atomic E-state index is 0.0151. The second-order valence-corrected chi connectivity index (χ2v) is 6.55. The lowest BCUT2D eigenvalue weighted by Crippen LogP contribution is -2.48. The van der Waals surface area contributed by atoms with Gasteiger partial charge in [0.2, 0.25) is 0 Å². The van der Waals surface area contributed by atoms with Crippen LogP contribution in [0.15, 0.2) is 30.3 Å². The predicted octanol–water partition coefficient (Wildman–Crippen LogP) is 1.92. The smallest absolute Gasteiger partial charge is 0.317 e. The van der Waals surface area contributed by atoms with E-state index >= 15 is 0 Å². The van der Waals surface area contributed by atoms with Crippen LogP contribution >= 0.6 is 0 Å². The van der Waals surface area contributed by atoms with Crippen molar-refractivity contribution < 1.29 is 9.90 Å². The van der Waals surface area contributed by atoms with Crippen LogP contribution in [-0.2, 0) is 6.54 Å².